The summed E-state index contributed by atoms with van der Waals surface area (Å²) in [5.74, 6) is 0.151. The second-order valence-electron chi connectivity index (χ2n) is 2.44. The number of hydrogen-bond acceptors (Lipinski definition) is 5. The van der Waals surface area contributed by atoms with Crippen LogP contribution in [-0.2, 0) is 0 Å². The first kappa shape index (κ1) is 10.1. The van der Waals surface area contributed by atoms with E-state index in [1.54, 1.807) is 13.1 Å². The Labute approximate surface area is 81.4 Å². The van der Waals surface area contributed by atoms with Crippen LogP contribution in [0.1, 0.15) is 10.4 Å². The van der Waals surface area contributed by atoms with Gasteiger partial charge in [-0.25, -0.2) is 0 Å². The van der Waals surface area contributed by atoms with E-state index in [9.17, 15) is 4.79 Å². The third kappa shape index (κ3) is 2.25. The van der Waals surface area contributed by atoms with Gasteiger partial charge in [0.1, 0.15) is 5.56 Å². The van der Waals surface area contributed by atoms with Crippen molar-refractivity contribution in [2.75, 3.05) is 18.9 Å². The van der Waals surface area contributed by atoms with E-state index >= 15 is 0 Å². The van der Waals surface area contributed by atoms with Crippen molar-refractivity contribution in [1.29, 1.82) is 0 Å². The number of aromatic nitrogens is 3. The Morgan fingerprint density at radius 1 is 1.71 bits per heavy atom. The van der Waals surface area contributed by atoms with Gasteiger partial charge in [-0.15, -0.1) is 16.8 Å². The van der Waals surface area contributed by atoms with Gasteiger partial charge < -0.3 is 10.6 Å². The van der Waals surface area contributed by atoms with E-state index in [0.717, 1.165) is 0 Å². The van der Waals surface area contributed by atoms with E-state index in [0.29, 0.717) is 17.9 Å². The molecule has 0 radical (unpaired) electrons. The van der Waals surface area contributed by atoms with E-state index < -0.39 is 0 Å². The molecule has 0 fully saturated rings. The highest BCUT2D eigenvalue weighted by molar-refractivity contribution is 5.98. The van der Waals surface area contributed by atoms with Gasteiger partial charge in [0.05, 0.1) is 6.20 Å². The minimum absolute atomic E-state index is 0.253. The zero-order valence-electron chi connectivity index (χ0n) is 7.82. The lowest BCUT2D eigenvalue weighted by atomic mass is 10.3. The lowest BCUT2D eigenvalue weighted by Crippen LogP contribution is -2.24. The molecular weight excluding hydrogens is 182 g/mol. The largest absolute Gasteiger partial charge is 0.371 e. The van der Waals surface area contributed by atoms with Gasteiger partial charge in [-0.3, -0.25) is 4.79 Å². The lowest BCUT2D eigenvalue weighted by molar-refractivity contribution is 0.0958. The molecule has 14 heavy (non-hydrogen) atoms. The fourth-order valence-corrected chi connectivity index (χ4v) is 0.880. The Hall–Kier alpha value is -1.98. The van der Waals surface area contributed by atoms with Crippen molar-refractivity contribution < 1.29 is 4.79 Å². The zero-order valence-corrected chi connectivity index (χ0v) is 7.82. The zero-order chi connectivity index (χ0) is 10.4. The van der Waals surface area contributed by atoms with Crippen LogP contribution in [0.15, 0.2) is 18.9 Å². The molecule has 1 aromatic rings. The number of nitrogens with one attached hydrogen (secondary N) is 2. The molecule has 0 unspecified atom stereocenters. The van der Waals surface area contributed by atoms with Crippen LogP contribution in [-0.4, -0.2) is 34.9 Å². The summed E-state index contributed by atoms with van der Waals surface area (Å²) < 4.78 is 0. The summed E-state index contributed by atoms with van der Waals surface area (Å²) in [6, 6.07) is 0. The molecule has 1 rings (SSSR count). The van der Waals surface area contributed by atoms with Gasteiger partial charge in [0.15, 0.2) is 5.82 Å². The number of hydrogen-bond donors (Lipinski definition) is 2. The van der Waals surface area contributed by atoms with Gasteiger partial charge >= 0.3 is 0 Å². The Kier molecular flexibility index (Phi) is 3.54. The third-order valence-electron chi connectivity index (χ3n) is 1.53. The summed E-state index contributed by atoms with van der Waals surface area (Å²) in [5.41, 5.74) is 0.365. The SMILES string of the molecule is C=CCNC(=O)c1cnnnc1NC. The van der Waals surface area contributed by atoms with Gasteiger partial charge in [0, 0.05) is 13.6 Å². The fourth-order valence-electron chi connectivity index (χ4n) is 0.880. The van der Waals surface area contributed by atoms with Crippen molar-refractivity contribution in [2.45, 2.75) is 0 Å². The summed E-state index contributed by atoms with van der Waals surface area (Å²) >= 11 is 0. The van der Waals surface area contributed by atoms with Gasteiger partial charge in [-0.1, -0.05) is 6.08 Å². The smallest absolute Gasteiger partial charge is 0.256 e. The van der Waals surface area contributed by atoms with Gasteiger partial charge in [0.25, 0.3) is 5.91 Å². The first-order chi connectivity index (χ1) is 6.79. The molecule has 74 valence electrons. The predicted octanol–water partition coefficient (Wildman–Crippen LogP) is -0.171. The number of amides is 1. The average Bonchev–Trinajstić information content (AvgIpc) is 2.25. The number of rotatable bonds is 4. The highest BCUT2D eigenvalue weighted by Gasteiger charge is 2.11. The van der Waals surface area contributed by atoms with Gasteiger partial charge in [0.2, 0.25) is 0 Å². The fraction of sp³-hybridized carbons (Fsp3) is 0.250. The molecule has 0 aliphatic carbocycles. The van der Waals surface area contributed by atoms with E-state index in [2.05, 4.69) is 32.6 Å². The first-order valence-electron chi connectivity index (χ1n) is 4.04. The van der Waals surface area contributed by atoms with Crippen molar-refractivity contribution >= 4 is 11.7 Å². The quantitative estimate of drug-likeness (QED) is 0.649. The number of nitrogens with zero attached hydrogens (tertiary/aromatic N) is 3. The topological polar surface area (TPSA) is 79.8 Å². The molecule has 0 aliphatic heterocycles. The highest BCUT2D eigenvalue weighted by atomic mass is 16.1. The van der Waals surface area contributed by atoms with Gasteiger partial charge in [-0.2, -0.15) is 0 Å². The van der Waals surface area contributed by atoms with Crippen LogP contribution in [0, 0.1) is 0 Å². The van der Waals surface area contributed by atoms with Crippen molar-refractivity contribution in [1.82, 2.24) is 20.7 Å². The first-order valence-corrected chi connectivity index (χ1v) is 4.04. The van der Waals surface area contributed by atoms with Crippen LogP contribution in [0.4, 0.5) is 5.82 Å². The van der Waals surface area contributed by atoms with E-state index in [4.69, 9.17) is 0 Å². The highest BCUT2D eigenvalue weighted by Crippen LogP contribution is 2.06. The van der Waals surface area contributed by atoms with Crippen LogP contribution in [0.25, 0.3) is 0 Å². The second kappa shape index (κ2) is 4.90. The molecule has 0 aliphatic rings. The van der Waals surface area contributed by atoms with E-state index in [1.165, 1.54) is 6.20 Å². The maximum Gasteiger partial charge on any atom is 0.256 e. The lowest BCUT2D eigenvalue weighted by Gasteiger charge is -2.04. The molecule has 6 heteroatoms. The van der Waals surface area contributed by atoms with Crippen LogP contribution >= 0.6 is 0 Å². The minimum atomic E-state index is -0.253. The van der Waals surface area contributed by atoms with Crippen LogP contribution < -0.4 is 10.6 Å². The molecule has 0 bridgehead atoms. The summed E-state index contributed by atoms with van der Waals surface area (Å²) in [6.45, 7) is 3.90. The van der Waals surface area contributed by atoms with Crippen LogP contribution in [0.3, 0.4) is 0 Å². The Morgan fingerprint density at radius 3 is 3.14 bits per heavy atom. The molecule has 0 spiro atoms. The summed E-state index contributed by atoms with van der Waals surface area (Å²) in [4.78, 5) is 11.5. The molecule has 2 N–H and O–H groups in total. The molecule has 1 heterocycles. The second-order valence-corrected chi connectivity index (χ2v) is 2.44. The molecule has 1 aromatic heterocycles. The standard InChI is InChI=1S/C8H11N5O/c1-3-4-10-8(14)6-5-11-13-12-7(6)9-2/h3,5H,1,4H2,2H3,(H,10,14)(H,9,11,12). The molecule has 0 atom stereocenters. The maximum absolute atomic E-state index is 11.5. The predicted molar refractivity (Wildman–Crippen MR) is 51.9 cm³/mol. The van der Waals surface area contributed by atoms with Gasteiger partial charge in [-0.05, 0) is 5.21 Å². The third-order valence-corrected chi connectivity index (χ3v) is 1.53. The molecule has 0 saturated heterocycles. The molecule has 6 nitrogen and oxygen atoms in total. The number of carbonyl (C=O) groups excluding carboxylic acids is 1. The molecular formula is C8H11N5O. The number of anilines is 1. The minimum Gasteiger partial charge on any atom is -0.371 e. The average molecular weight is 193 g/mol. The Morgan fingerprint density at radius 2 is 2.50 bits per heavy atom. The van der Waals surface area contributed by atoms with E-state index in [-0.39, 0.29) is 5.91 Å². The molecule has 0 saturated carbocycles. The molecule has 0 aromatic carbocycles. The summed E-state index contributed by atoms with van der Waals surface area (Å²) in [6.07, 6.45) is 2.95. The van der Waals surface area contributed by atoms with Crippen molar-refractivity contribution in [3.63, 3.8) is 0 Å². The Bertz CT molecular complexity index is 338. The number of carbonyl (C=O) groups is 1. The monoisotopic (exact) mass is 193 g/mol. The Balaban J connectivity index is 2.82. The summed E-state index contributed by atoms with van der Waals surface area (Å²) in [7, 11) is 1.66. The van der Waals surface area contributed by atoms with Crippen molar-refractivity contribution in [3.8, 4) is 0 Å². The van der Waals surface area contributed by atoms with Crippen molar-refractivity contribution in [2.24, 2.45) is 0 Å². The summed E-state index contributed by atoms with van der Waals surface area (Å²) in [5, 5.41) is 16.0. The normalized spacial score (nSPS) is 9.21. The van der Waals surface area contributed by atoms with E-state index in [1.807, 2.05) is 0 Å². The van der Waals surface area contributed by atoms with Crippen molar-refractivity contribution in [3.05, 3.63) is 24.4 Å². The van der Waals surface area contributed by atoms with Crippen LogP contribution in [0.5, 0.6) is 0 Å². The maximum atomic E-state index is 11.5. The molecule has 1 amide bonds. The van der Waals surface area contributed by atoms with Crippen LogP contribution in [0.2, 0.25) is 0 Å².